The van der Waals surface area contributed by atoms with Crippen molar-refractivity contribution in [1.82, 2.24) is 4.90 Å². The Morgan fingerprint density at radius 3 is 2.48 bits per heavy atom. The van der Waals surface area contributed by atoms with Crippen LogP contribution >= 0.6 is 11.8 Å². The predicted octanol–water partition coefficient (Wildman–Crippen LogP) is 3.00. The second kappa shape index (κ2) is 10.9. The fraction of sp³-hybridized carbons (Fsp3) is 0.318. The Bertz CT molecular complexity index is 933. The highest BCUT2D eigenvalue weighted by Gasteiger charge is 2.20. The van der Waals surface area contributed by atoms with Crippen molar-refractivity contribution in [2.24, 2.45) is 0 Å². The molecule has 0 spiro atoms. The number of carbonyl (C=O) groups is 3. The van der Waals surface area contributed by atoms with Gasteiger partial charge in [-0.3, -0.25) is 14.4 Å². The van der Waals surface area contributed by atoms with Gasteiger partial charge in [0.1, 0.15) is 5.82 Å². The van der Waals surface area contributed by atoms with E-state index in [1.165, 1.54) is 36.0 Å². The molecule has 0 aromatic heterocycles. The van der Waals surface area contributed by atoms with Gasteiger partial charge in [0.2, 0.25) is 11.8 Å². The summed E-state index contributed by atoms with van der Waals surface area (Å²) in [5.74, 6) is -0.959. The fourth-order valence-electron chi connectivity index (χ4n) is 2.93. The van der Waals surface area contributed by atoms with Crippen LogP contribution in [0.5, 0.6) is 0 Å². The van der Waals surface area contributed by atoms with Crippen LogP contribution in [0.4, 0.5) is 15.8 Å². The highest BCUT2D eigenvalue weighted by atomic mass is 32.2. The third-order valence-electron chi connectivity index (χ3n) is 4.64. The maximum atomic E-state index is 12.9. The number of morpholine rings is 1. The number of rotatable bonds is 7. The van der Waals surface area contributed by atoms with Crippen molar-refractivity contribution in [2.45, 2.75) is 12.2 Å². The molecule has 9 heteroatoms. The van der Waals surface area contributed by atoms with Crippen molar-refractivity contribution in [3.05, 3.63) is 59.9 Å². The molecule has 2 N–H and O–H groups in total. The van der Waals surface area contributed by atoms with Gasteiger partial charge in [-0.1, -0.05) is 6.07 Å². The highest BCUT2D eigenvalue weighted by molar-refractivity contribution is 8.01. The lowest BCUT2D eigenvalue weighted by Gasteiger charge is -2.27. The molecule has 7 nitrogen and oxygen atoms in total. The van der Waals surface area contributed by atoms with Crippen LogP contribution in [0.3, 0.4) is 0 Å². The minimum Gasteiger partial charge on any atom is -0.378 e. The lowest BCUT2D eigenvalue weighted by atomic mass is 10.1. The minimum absolute atomic E-state index is 0.0710. The largest absolute Gasteiger partial charge is 0.378 e. The molecule has 1 heterocycles. The molecule has 0 radical (unpaired) electrons. The number of nitrogens with one attached hydrogen (secondary N) is 2. The zero-order chi connectivity index (χ0) is 22.2. The normalized spacial score (nSPS) is 14.6. The van der Waals surface area contributed by atoms with Crippen LogP contribution in [-0.2, 0) is 14.3 Å². The molecule has 164 valence electrons. The monoisotopic (exact) mass is 445 g/mol. The Hall–Kier alpha value is -2.91. The van der Waals surface area contributed by atoms with Crippen molar-refractivity contribution < 1.29 is 23.5 Å². The zero-order valence-corrected chi connectivity index (χ0v) is 17.9. The van der Waals surface area contributed by atoms with Crippen molar-refractivity contribution in [3.8, 4) is 0 Å². The third kappa shape index (κ3) is 6.80. The van der Waals surface area contributed by atoms with E-state index >= 15 is 0 Å². The van der Waals surface area contributed by atoms with Crippen molar-refractivity contribution in [2.75, 3.05) is 42.7 Å². The molecule has 2 aromatic carbocycles. The van der Waals surface area contributed by atoms with E-state index in [9.17, 15) is 18.8 Å². The van der Waals surface area contributed by atoms with Gasteiger partial charge in [-0.25, -0.2) is 4.39 Å². The van der Waals surface area contributed by atoms with E-state index in [1.807, 2.05) is 0 Å². The molecule has 31 heavy (non-hydrogen) atoms. The number of hydrogen-bond donors (Lipinski definition) is 2. The lowest BCUT2D eigenvalue weighted by molar-refractivity contribution is -0.115. The summed E-state index contributed by atoms with van der Waals surface area (Å²) in [6.07, 6.45) is 0. The van der Waals surface area contributed by atoms with E-state index in [-0.39, 0.29) is 29.3 Å². The molecular formula is C22H24FN3O4S. The first-order valence-corrected chi connectivity index (χ1v) is 10.9. The number of carbonyl (C=O) groups excluding carboxylic acids is 3. The topological polar surface area (TPSA) is 87.7 Å². The summed E-state index contributed by atoms with van der Waals surface area (Å²) >= 11 is 1.18. The maximum Gasteiger partial charge on any atom is 0.254 e. The summed E-state index contributed by atoms with van der Waals surface area (Å²) in [7, 11) is 0. The molecule has 1 aliphatic heterocycles. The lowest BCUT2D eigenvalue weighted by Crippen LogP contribution is -2.40. The number of halogens is 1. The van der Waals surface area contributed by atoms with Crippen LogP contribution < -0.4 is 10.6 Å². The first kappa shape index (κ1) is 22.8. The molecule has 1 fully saturated rings. The molecule has 2 aromatic rings. The Morgan fingerprint density at radius 2 is 1.77 bits per heavy atom. The Labute approximate surface area is 184 Å². The van der Waals surface area contributed by atoms with E-state index in [4.69, 9.17) is 4.74 Å². The summed E-state index contributed by atoms with van der Waals surface area (Å²) in [6, 6.07) is 12.3. The second-order valence-corrected chi connectivity index (χ2v) is 8.31. The average Bonchev–Trinajstić information content (AvgIpc) is 2.79. The number of thioether (sulfide) groups is 1. The van der Waals surface area contributed by atoms with E-state index in [0.29, 0.717) is 43.2 Å². The van der Waals surface area contributed by atoms with Crippen LogP contribution in [0, 0.1) is 5.82 Å². The molecule has 1 saturated heterocycles. The first-order chi connectivity index (χ1) is 14.9. The van der Waals surface area contributed by atoms with Crippen molar-refractivity contribution in [1.29, 1.82) is 0 Å². The van der Waals surface area contributed by atoms with Gasteiger partial charge in [0.25, 0.3) is 5.91 Å². The summed E-state index contributed by atoms with van der Waals surface area (Å²) in [4.78, 5) is 38.9. The van der Waals surface area contributed by atoms with Crippen molar-refractivity contribution in [3.63, 3.8) is 0 Å². The number of amides is 3. The highest BCUT2D eigenvalue weighted by Crippen LogP contribution is 2.18. The predicted molar refractivity (Wildman–Crippen MR) is 119 cm³/mol. The third-order valence-corrected chi connectivity index (χ3v) is 5.78. The van der Waals surface area contributed by atoms with Gasteiger partial charge in [0.15, 0.2) is 0 Å². The van der Waals surface area contributed by atoms with Crippen LogP contribution in [0.15, 0.2) is 48.5 Å². The number of nitrogens with zero attached hydrogens (tertiary/aromatic N) is 1. The molecule has 0 aliphatic carbocycles. The van der Waals surface area contributed by atoms with Gasteiger partial charge in [-0.15, -0.1) is 11.8 Å². The molecule has 3 rings (SSSR count). The van der Waals surface area contributed by atoms with Gasteiger partial charge in [-0.2, -0.15) is 0 Å². The molecule has 0 bridgehead atoms. The van der Waals surface area contributed by atoms with Gasteiger partial charge in [0, 0.05) is 30.0 Å². The quantitative estimate of drug-likeness (QED) is 0.684. The van der Waals surface area contributed by atoms with Crippen LogP contribution in [0.1, 0.15) is 17.3 Å². The summed E-state index contributed by atoms with van der Waals surface area (Å²) in [5, 5.41) is 4.96. The Morgan fingerprint density at radius 1 is 1.06 bits per heavy atom. The molecule has 1 unspecified atom stereocenters. The molecule has 1 aliphatic rings. The van der Waals surface area contributed by atoms with Gasteiger partial charge >= 0.3 is 0 Å². The standard InChI is InChI=1S/C22H24FN3O4S/c1-15(31-14-20(27)24-18-7-5-17(23)6-8-18)21(28)25-19-4-2-3-16(13-19)22(29)26-9-11-30-12-10-26/h2-8,13,15H,9-12,14H2,1H3,(H,24,27)(H,25,28). The number of hydrogen-bond acceptors (Lipinski definition) is 5. The first-order valence-electron chi connectivity index (χ1n) is 9.87. The van der Waals surface area contributed by atoms with Crippen LogP contribution in [0.2, 0.25) is 0 Å². The molecule has 1 atom stereocenters. The van der Waals surface area contributed by atoms with E-state index in [1.54, 1.807) is 36.1 Å². The SMILES string of the molecule is CC(SCC(=O)Nc1ccc(F)cc1)C(=O)Nc1cccc(C(=O)N2CCOCC2)c1. The minimum atomic E-state index is -0.488. The average molecular weight is 446 g/mol. The summed E-state index contributed by atoms with van der Waals surface area (Å²) < 4.78 is 18.2. The van der Waals surface area contributed by atoms with E-state index < -0.39 is 5.25 Å². The molecule has 0 saturated carbocycles. The van der Waals surface area contributed by atoms with Crippen molar-refractivity contribution >= 4 is 40.9 Å². The zero-order valence-electron chi connectivity index (χ0n) is 17.1. The van der Waals surface area contributed by atoms with Crippen LogP contribution in [0.25, 0.3) is 0 Å². The summed E-state index contributed by atoms with van der Waals surface area (Å²) in [5.41, 5.74) is 1.51. The Kier molecular flexibility index (Phi) is 8.02. The van der Waals surface area contributed by atoms with Crippen LogP contribution in [-0.4, -0.2) is 59.9 Å². The fourth-order valence-corrected chi connectivity index (χ4v) is 3.61. The van der Waals surface area contributed by atoms with Gasteiger partial charge in [0.05, 0.1) is 24.2 Å². The summed E-state index contributed by atoms with van der Waals surface area (Å²) in [6.45, 7) is 3.83. The molecular weight excluding hydrogens is 421 g/mol. The number of anilines is 2. The second-order valence-electron chi connectivity index (χ2n) is 6.98. The van der Waals surface area contributed by atoms with Gasteiger partial charge < -0.3 is 20.3 Å². The maximum absolute atomic E-state index is 12.9. The Balaban J connectivity index is 1.49. The molecule has 3 amide bonds. The number of ether oxygens (including phenoxy) is 1. The number of benzene rings is 2. The van der Waals surface area contributed by atoms with Gasteiger partial charge in [-0.05, 0) is 49.4 Å². The smallest absolute Gasteiger partial charge is 0.254 e. The van der Waals surface area contributed by atoms with E-state index in [0.717, 1.165) is 0 Å². The van der Waals surface area contributed by atoms with E-state index in [2.05, 4.69) is 10.6 Å².